The van der Waals surface area contributed by atoms with Crippen molar-refractivity contribution in [3.63, 3.8) is 0 Å². The third kappa shape index (κ3) is 3.59. The first-order chi connectivity index (χ1) is 8.95. The van der Waals surface area contributed by atoms with Gasteiger partial charge in [0.05, 0.1) is 0 Å². The first-order valence-electron chi connectivity index (χ1n) is 6.63. The maximum Gasteiger partial charge on any atom is 0.245 e. The van der Waals surface area contributed by atoms with Gasteiger partial charge in [0.15, 0.2) is 5.96 Å². The Labute approximate surface area is 113 Å². The Morgan fingerprint density at radius 1 is 1.32 bits per heavy atom. The number of guanidine groups is 1. The second kappa shape index (κ2) is 6.40. The number of likely N-dealkylation sites (N-methyl/N-ethyl adjacent to an activating group) is 1. The highest BCUT2D eigenvalue weighted by molar-refractivity contribution is 5.91. The molecule has 0 bridgehead atoms. The van der Waals surface area contributed by atoms with Crippen LogP contribution in [0.2, 0.25) is 0 Å². The van der Waals surface area contributed by atoms with E-state index < -0.39 is 5.54 Å². The maximum absolute atomic E-state index is 12.2. The average molecular weight is 269 g/mol. The Bertz CT molecular complexity index is 361. The molecule has 0 spiro atoms. The summed E-state index contributed by atoms with van der Waals surface area (Å²) >= 11 is 0. The molecule has 7 nitrogen and oxygen atoms in total. The number of amides is 2. The lowest BCUT2D eigenvalue weighted by atomic mass is 9.86. The predicted molar refractivity (Wildman–Crippen MR) is 72.6 cm³/mol. The molecule has 5 N–H and O–H groups in total. The summed E-state index contributed by atoms with van der Waals surface area (Å²) in [7, 11) is 0. The van der Waals surface area contributed by atoms with Crippen LogP contribution < -0.4 is 16.4 Å². The molecule has 108 valence electrons. The second-order valence-electron chi connectivity index (χ2n) is 4.72. The number of likely N-dealkylation sites (tertiary alicyclic amines) is 1. The third-order valence-electron chi connectivity index (χ3n) is 3.43. The lowest BCUT2D eigenvalue weighted by Gasteiger charge is -2.41. The average Bonchev–Trinajstić information content (AvgIpc) is 2.39. The first kappa shape index (κ1) is 15.3. The monoisotopic (exact) mass is 269 g/mol. The second-order valence-corrected chi connectivity index (χ2v) is 4.72. The number of nitrogens with two attached hydrogens (primary N) is 1. The summed E-state index contributed by atoms with van der Waals surface area (Å²) < 4.78 is 0. The quantitative estimate of drug-likeness (QED) is 0.402. The van der Waals surface area contributed by atoms with Gasteiger partial charge in [0.1, 0.15) is 5.54 Å². The van der Waals surface area contributed by atoms with Gasteiger partial charge >= 0.3 is 0 Å². The number of piperidine rings is 1. The predicted octanol–water partition coefficient (Wildman–Crippen LogP) is -0.623. The van der Waals surface area contributed by atoms with E-state index in [-0.39, 0.29) is 17.8 Å². The normalized spacial score (nSPS) is 17.7. The van der Waals surface area contributed by atoms with E-state index in [2.05, 4.69) is 10.6 Å². The van der Waals surface area contributed by atoms with Gasteiger partial charge in [0, 0.05) is 26.1 Å². The Balaban J connectivity index is 2.80. The van der Waals surface area contributed by atoms with E-state index in [0.717, 1.165) is 0 Å². The number of carbonyl (C=O) groups is 2. The van der Waals surface area contributed by atoms with Gasteiger partial charge in [-0.2, -0.15) is 0 Å². The van der Waals surface area contributed by atoms with E-state index in [1.165, 1.54) is 0 Å². The summed E-state index contributed by atoms with van der Waals surface area (Å²) in [5, 5.41) is 13.0. The zero-order valence-electron chi connectivity index (χ0n) is 11.6. The molecule has 1 heterocycles. The van der Waals surface area contributed by atoms with Crippen molar-refractivity contribution in [1.29, 1.82) is 5.41 Å². The minimum absolute atomic E-state index is 0.00585. The standard InChI is InChI=1S/C12H23N5O2/c1-3-9(18)16-12(10(19)15-4-2)5-7-17(8-6-12)11(13)14/h3-8H2,1-2H3,(H3,13,14)(H,15,19)(H,16,18). The van der Waals surface area contributed by atoms with Crippen LogP contribution in [0.3, 0.4) is 0 Å². The van der Waals surface area contributed by atoms with E-state index >= 15 is 0 Å². The molecule has 1 aliphatic heterocycles. The van der Waals surface area contributed by atoms with Crippen LogP contribution in [-0.4, -0.2) is 47.8 Å². The van der Waals surface area contributed by atoms with Crippen LogP contribution in [0.5, 0.6) is 0 Å². The van der Waals surface area contributed by atoms with Crippen LogP contribution in [0.25, 0.3) is 0 Å². The van der Waals surface area contributed by atoms with Gasteiger partial charge in [-0.15, -0.1) is 0 Å². The number of hydrogen-bond donors (Lipinski definition) is 4. The molecule has 1 rings (SSSR count). The smallest absolute Gasteiger partial charge is 0.245 e. The van der Waals surface area contributed by atoms with Gasteiger partial charge in [0.2, 0.25) is 11.8 Å². The number of hydrogen-bond acceptors (Lipinski definition) is 3. The van der Waals surface area contributed by atoms with Gasteiger partial charge in [0.25, 0.3) is 0 Å². The van der Waals surface area contributed by atoms with E-state index in [1.807, 2.05) is 6.92 Å². The van der Waals surface area contributed by atoms with Crippen molar-refractivity contribution >= 4 is 17.8 Å². The molecule has 0 radical (unpaired) electrons. The molecule has 0 unspecified atom stereocenters. The lowest BCUT2D eigenvalue weighted by molar-refractivity contribution is -0.135. The van der Waals surface area contributed by atoms with Crippen LogP contribution in [0, 0.1) is 5.41 Å². The number of nitrogens with zero attached hydrogens (tertiary/aromatic N) is 1. The molecule has 7 heteroatoms. The summed E-state index contributed by atoms with van der Waals surface area (Å²) in [4.78, 5) is 25.6. The third-order valence-corrected chi connectivity index (χ3v) is 3.43. The molecule has 2 amide bonds. The Kier molecular flexibility index (Phi) is 5.14. The molecule has 0 aromatic rings. The van der Waals surface area contributed by atoms with Crippen LogP contribution in [0.15, 0.2) is 0 Å². The summed E-state index contributed by atoms with van der Waals surface area (Å²) in [6.07, 6.45) is 1.27. The fourth-order valence-electron chi connectivity index (χ4n) is 2.22. The van der Waals surface area contributed by atoms with Crippen molar-refractivity contribution in [3.8, 4) is 0 Å². The minimum Gasteiger partial charge on any atom is -0.370 e. The summed E-state index contributed by atoms with van der Waals surface area (Å²) in [5.74, 6) is -0.283. The van der Waals surface area contributed by atoms with Crippen molar-refractivity contribution in [2.75, 3.05) is 19.6 Å². The first-order valence-corrected chi connectivity index (χ1v) is 6.63. The summed E-state index contributed by atoms with van der Waals surface area (Å²) in [6.45, 7) is 5.12. The molecular formula is C12H23N5O2. The van der Waals surface area contributed by atoms with Gasteiger partial charge in [-0.1, -0.05) is 6.92 Å². The highest BCUT2D eigenvalue weighted by Crippen LogP contribution is 2.23. The zero-order chi connectivity index (χ0) is 14.5. The molecule has 0 saturated carbocycles. The fraction of sp³-hybridized carbons (Fsp3) is 0.750. The highest BCUT2D eigenvalue weighted by Gasteiger charge is 2.42. The molecule has 1 saturated heterocycles. The largest absolute Gasteiger partial charge is 0.370 e. The van der Waals surface area contributed by atoms with Crippen LogP contribution in [0.1, 0.15) is 33.1 Å². The molecule has 0 aromatic carbocycles. The van der Waals surface area contributed by atoms with Crippen LogP contribution in [-0.2, 0) is 9.59 Å². The number of nitrogens with one attached hydrogen (secondary N) is 3. The Hall–Kier alpha value is -1.79. The maximum atomic E-state index is 12.2. The van der Waals surface area contributed by atoms with Gasteiger partial charge in [-0.05, 0) is 19.8 Å². The van der Waals surface area contributed by atoms with Crippen LogP contribution in [0.4, 0.5) is 0 Å². The molecule has 0 atom stereocenters. The minimum atomic E-state index is -0.866. The van der Waals surface area contributed by atoms with Crippen molar-refractivity contribution in [2.24, 2.45) is 5.73 Å². The topological polar surface area (TPSA) is 111 Å². The zero-order valence-corrected chi connectivity index (χ0v) is 11.6. The van der Waals surface area contributed by atoms with Crippen molar-refractivity contribution in [3.05, 3.63) is 0 Å². The molecule has 0 aliphatic carbocycles. The Morgan fingerprint density at radius 3 is 2.32 bits per heavy atom. The Morgan fingerprint density at radius 2 is 1.89 bits per heavy atom. The SMILES string of the molecule is CCNC(=O)C1(NC(=O)CC)CCN(C(=N)N)CC1. The summed E-state index contributed by atoms with van der Waals surface area (Å²) in [6, 6.07) is 0. The van der Waals surface area contributed by atoms with Crippen molar-refractivity contribution in [1.82, 2.24) is 15.5 Å². The highest BCUT2D eigenvalue weighted by atomic mass is 16.2. The molecule has 1 aliphatic rings. The van der Waals surface area contributed by atoms with E-state index in [4.69, 9.17) is 11.1 Å². The number of carbonyl (C=O) groups excluding carboxylic acids is 2. The molecule has 19 heavy (non-hydrogen) atoms. The van der Waals surface area contributed by atoms with Gasteiger partial charge in [-0.25, -0.2) is 0 Å². The van der Waals surface area contributed by atoms with Crippen molar-refractivity contribution in [2.45, 2.75) is 38.6 Å². The van der Waals surface area contributed by atoms with Crippen molar-refractivity contribution < 1.29 is 9.59 Å². The van der Waals surface area contributed by atoms with Gasteiger partial charge < -0.3 is 21.3 Å². The van der Waals surface area contributed by atoms with Gasteiger partial charge in [-0.3, -0.25) is 15.0 Å². The fourth-order valence-corrected chi connectivity index (χ4v) is 2.22. The summed E-state index contributed by atoms with van der Waals surface area (Å²) in [5.41, 5.74) is 4.57. The molecule has 1 fully saturated rings. The van der Waals surface area contributed by atoms with E-state index in [0.29, 0.717) is 38.9 Å². The molecular weight excluding hydrogens is 246 g/mol. The van der Waals surface area contributed by atoms with E-state index in [1.54, 1.807) is 11.8 Å². The molecule has 0 aromatic heterocycles. The van der Waals surface area contributed by atoms with E-state index in [9.17, 15) is 9.59 Å². The lowest BCUT2D eigenvalue weighted by Crippen LogP contribution is -2.64. The van der Waals surface area contributed by atoms with Crippen LogP contribution >= 0.6 is 0 Å². The number of rotatable bonds is 4.